The van der Waals surface area contributed by atoms with E-state index in [1.165, 1.54) is 17.0 Å². The molecule has 0 aliphatic carbocycles. The fourth-order valence-corrected chi connectivity index (χ4v) is 2.11. The first-order valence-corrected chi connectivity index (χ1v) is 7.89. The molecule has 0 unspecified atom stereocenters. The van der Waals surface area contributed by atoms with E-state index in [0.717, 1.165) is 0 Å². The van der Waals surface area contributed by atoms with Crippen LogP contribution in [0.25, 0.3) is 0 Å². The first kappa shape index (κ1) is 19.1. The number of carbonyl (C=O) groups is 3. The number of aliphatic hydroxyl groups excluding tert-OH is 1. The number of esters is 1. The van der Waals surface area contributed by atoms with Crippen LogP contribution in [-0.4, -0.2) is 48.5 Å². The summed E-state index contributed by atoms with van der Waals surface area (Å²) in [5.41, 5.74) is 1.97. The monoisotopic (exact) mass is 356 g/mol. The number of hydrogen-bond donors (Lipinski definition) is 2. The highest BCUT2D eigenvalue weighted by atomic mass is 16.5. The third kappa shape index (κ3) is 5.15. The fourth-order valence-electron chi connectivity index (χ4n) is 2.11. The van der Waals surface area contributed by atoms with Crippen LogP contribution in [0, 0.1) is 0 Å². The van der Waals surface area contributed by atoms with Crippen LogP contribution in [0.4, 0.5) is 5.69 Å². The van der Waals surface area contributed by atoms with Gasteiger partial charge in [-0.1, -0.05) is 12.1 Å². The number of carbonyl (C=O) groups excluding carboxylic acids is 3. The number of ether oxygens (including phenoxy) is 1. The smallest absolute Gasteiger partial charge is 0.338 e. The van der Waals surface area contributed by atoms with Gasteiger partial charge in [-0.25, -0.2) is 4.79 Å². The van der Waals surface area contributed by atoms with Crippen molar-refractivity contribution in [2.75, 3.05) is 26.0 Å². The lowest BCUT2D eigenvalue weighted by molar-refractivity contribution is -0.119. The van der Waals surface area contributed by atoms with Gasteiger partial charge in [0.15, 0.2) is 6.61 Å². The zero-order valence-electron chi connectivity index (χ0n) is 14.6. The van der Waals surface area contributed by atoms with Gasteiger partial charge in [-0.15, -0.1) is 0 Å². The quantitative estimate of drug-likeness (QED) is 0.768. The van der Waals surface area contributed by atoms with Crippen molar-refractivity contribution in [3.8, 4) is 0 Å². The Bertz CT molecular complexity index is 783. The molecule has 7 heteroatoms. The molecule has 0 aliphatic heterocycles. The van der Waals surface area contributed by atoms with E-state index in [-0.39, 0.29) is 12.5 Å². The molecule has 2 aromatic carbocycles. The summed E-state index contributed by atoms with van der Waals surface area (Å²) in [5, 5.41) is 11.6. The first-order valence-electron chi connectivity index (χ1n) is 7.89. The van der Waals surface area contributed by atoms with Crippen LogP contribution in [0.3, 0.4) is 0 Å². The number of nitrogens with zero attached hydrogens (tertiary/aromatic N) is 1. The summed E-state index contributed by atoms with van der Waals surface area (Å²) in [4.78, 5) is 37.0. The van der Waals surface area contributed by atoms with Gasteiger partial charge < -0.3 is 20.1 Å². The van der Waals surface area contributed by atoms with E-state index in [0.29, 0.717) is 22.4 Å². The summed E-state index contributed by atoms with van der Waals surface area (Å²) < 4.78 is 4.95. The highest BCUT2D eigenvalue weighted by Crippen LogP contribution is 2.11. The Morgan fingerprint density at radius 2 is 1.54 bits per heavy atom. The Hall–Kier alpha value is -3.19. The minimum atomic E-state index is -0.628. The summed E-state index contributed by atoms with van der Waals surface area (Å²) >= 11 is 0. The molecule has 0 saturated carbocycles. The van der Waals surface area contributed by atoms with Gasteiger partial charge in [0.05, 0.1) is 12.2 Å². The molecule has 2 aromatic rings. The molecule has 2 rings (SSSR count). The van der Waals surface area contributed by atoms with Crippen molar-refractivity contribution in [1.29, 1.82) is 0 Å². The normalized spacial score (nSPS) is 10.1. The van der Waals surface area contributed by atoms with Gasteiger partial charge in [-0.3, -0.25) is 9.59 Å². The number of aliphatic hydroxyl groups is 1. The van der Waals surface area contributed by atoms with Crippen molar-refractivity contribution in [2.45, 2.75) is 6.61 Å². The maximum atomic E-state index is 11.9. The SMILES string of the molecule is CN(C)C(=O)c1ccc(NC(=O)COC(=O)c2ccc(CO)cc2)cc1. The van der Waals surface area contributed by atoms with Gasteiger partial charge in [0.25, 0.3) is 11.8 Å². The lowest BCUT2D eigenvalue weighted by atomic mass is 10.1. The minimum absolute atomic E-state index is 0.114. The lowest BCUT2D eigenvalue weighted by Crippen LogP contribution is -2.22. The molecule has 0 fully saturated rings. The largest absolute Gasteiger partial charge is 0.452 e. The molecule has 2 amide bonds. The van der Waals surface area contributed by atoms with Crippen molar-refractivity contribution >= 4 is 23.5 Å². The topological polar surface area (TPSA) is 95.9 Å². The summed E-state index contributed by atoms with van der Waals surface area (Å²) in [6.07, 6.45) is 0. The Morgan fingerprint density at radius 3 is 2.08 bits per heavy atom. The molecule has 0 heterocycles. The third-order valence-electron chi connectivity index (χ3n) is 3.53. The molecule has 0 bridgehead atoms. The van der Waals surface area contributed by atoms with Crippen molar-refractivity contribution in [3.05, 3.63) is 65.2 Å². The Balaban J connectivity index is 1.86. The van der Waals surface area contributed by atoms with Crippen LogP contribution in [0.15, 0.2) is 48.5 Å². The second kappa shape index (κ2) is 8.77. The summed E-state index contributed by atoms with van der Waals surface area (Å²) in [5.74, 6) is -1.25. The van der Waals surface area contributed by atoms with E-state index in [9.17, 15) is 14.4 Å². The highest BCUT2D eigenvalue weighted by molar-refractivity contribution is 5.97. The van der Waals surface area contributed by atoms with Crippen molar-refractivity contribution in [3.63, 3.8) is 0 Å². The molecule has 136 valence electrons. The Labute approximate surface area is 151 Å². The van der Waals surface area contributed by atoms with E-state index < -0.39 is 18.5 Å². The second-order valence-electron chi connectivity index (χ2n) is 5.76. The van der Waals surface area contributed by atoms with Gasteiger partial charge in [-0.05, 0) is 42.0 Å². The standard InChI is InChI=1S/C19H20N2O5/c1-21(2)18(24)14-7-9-16(10-8-14)20-17(23)12-26-19(25)15-5-3-13(11-22)4-6-15/h3-10,22H,11-12H2,1-2H3,(H,20,23). The number of nitrogens with one attached hydrogen (secondary N) is 1. The number of amides is 2. The number of rotatable bonds is 6. The Morgan fingerprint density at radius 1 is 0.962 bits per heavy atom. The van der Waals surface area contributed by atoms with Gasteiger partial charge in [0.1, 0.15) is 0 Å². The number of hydrogen-bond acceptors (Lipinski definition) is 5. The second-order valence-corrected chi connectivity index (χ2v) is 5.76. The van der Waals surface area contributed by atoms with Crippen LogP contribution >= 0.6 is 0 Å². The summed E-state index contributed by atoms with van der Waals surface area (Å²) in [6, 6.07) is 12.7. The molecule has 26 heavy (non-hydrogen) atoms. The summed E-state index contributed by atoms with van der Waals surface area (Å²) in [7, 11) is 3.31. The van der Waals surface area contributed by atoms with Gasteiger partial charge >= 0.3 is 5.97 Å². The van der Waals surface area contributed by atoms with Crippen LogP contribution in [-0.2, 0) is 16.1 Å². The van der Waals surface area contributed by atoms with Crippen LogP contribution in [0.1, 0.15) is 26.3 Å². The van der Waals surface area contributed by atoms with Crippen LogP contribution in [0.2, 0.25) is 0 Å². The Kier molecular flexibility index (Phi) is 6.46. The average molecular weight is 356 g/mol. The molecule has 2 N–H and O–H groups in total. The molecular formula is C19H20N2O5. The maximum absolute atomic E-state index is 11.9. The lowest BCUT2D eigenvalue weighted by Gasteiger charge is -2.11. The van der Waals surface area contributed by atoms with Crippen molar-refractivity contribution < 1.29 is 24.2 Å². The van der Waals surface area contributed by atoms with Crippen LogP contribution < -0.4 is 5.32 Å². The third-order valence-corrected chi connectivity index (χ3v) is 3.53. The number of benzene rings is 2. The molecule has 0 saturated heterocycles. The maximum Gasteiger partial charge on any atom is 0.338 e. The molecule has 0 radical (unpaired) electrons. The van der Waals surface area contributed by atoms with Gasteiger partial charge in [0, 0.05) is 25.3 Å². The van der Waals surface area contributed by atoms with E-state index in [1.54, 1.807) is 50.5 Å². The predicted octanol–water partition coefficient (Wildman–Crippen LogP) is 1.68. The summed E-state index contributed by atoms with van der Waals surface area (Å²) in [6.45, 7) is -0.546. The molecule has 0 atom stereocenters. The zero-order chi connectivity index (χ0) is 19.1. The van der Waals surface area contributed by atoms with E-state index in [4.69, 9.17) is 9.84 Å². The van der Waals surface area contributed by atoms with Crippen molar-refractivity contribution in [2.24, 2.45) is 0 Å². The predicted molar refractivity (Wildman–Crippen MR) is 95.7 cm³/mol. The van der Waals surface area contributed by atoms with Gasteiger partial charge in [0.2, 0.25) is 0 Å². The van der Waals surface area contributed by atoms with E-state index in [2.05, 4.69) is 5.32 Å². The zero-order valence-corrected chi connectivity index (χ0v) is 14.6. The van der Waals surface area contributed by atoms with E-state index in [1.807, 2.05) is 0 Å². The molecule has 7 nitrogen and oxygen atoms in total. The van der Waals surface area contributed by atoms with Crippen molar-refractivity contribution in [1.82, 2.24) is 4.90 Å². The first-order chi connectivity index (χ1) is 12.4. The minimum Gasteiger partial charge on any atom is -0.452 e. The molecular weight excluding hydrogens is 336 g/mol. The fraction of sp³-hybridized carbons (Fsp3) is 0.211. The molecule has 0 aromatic heterocycles. The molecule has 0 spiro atoms. The highest BCUT2D eigenvalue weighted by Gasteiger charge is 2.11. The average Bonchev–Trinajstić information content (AvgIpc) is 2.66. The van der Waals surface area contributed by atoms with Crippen LogP contribution in [0.5, 0.6) is 0 Å². The number of anilines is 1. The van der Waals surface area contributed by atoms with E-state index >= 15 is 0 Å². The van der Waals surface area contributed by atoms with Gasteiger partial charge in [-0.2, -0.15) is 0 Å². The molecule has 0 aliphatic rings.